The molecule has 0 bridgehead atoms. The van der Waals surface area contributed by atoms with E-state index in [9.17, 15) is 0 Å². The summed E-state index contributed by atoms with van der Waals surface area (Å²) in [5.74, 6) is 0. The van der Waals surface area contributed by atoms with Crippen LogP contribution in [-0.4, -0.2) is 43.5 Å². The van der Waals surface area contributed by atoms with E-state index in [1.165, 1.54) is 0 Å². The maximum Gasteiger partial charge on any atom is 0.0536 e. The summed E-state index contributed by atoms with van der Waals surface area (Å²) in [4.78, 5) is 2.21. The van der Waals surface area contributed by atoms with E-state index in [4.69, 9.17) is 17.0 Å². The molecule has 1 aliphatic heterocycles. The third-order valence-electron chi connectivity index (χ3n) is 4.34. The van der Waals surface area contributed by atoms with Crippen molar-refractivity contribution in [1.82, 2.24) is 14.9 Å². The van der Waals surface area contributed by atoms with Crippen molar-refractivity contribution in [3.05, 3.63) is 39.9 Å². The first-order chi connectivity index (χ1) is 11.0. The lowest BCUT2D eigenvalue weighted by Crippen LogP contribution is -2.42. The first kappa shape index (κ1) is 18.3. The molecule has 1 aromatic carbocycles. The van der Waals surface area contributed by atoms with Gasteiger partial charge in [-0.25, -0.2) is 0 Å². The van der Waals surface area contributed by atoms with Crippen LogP contribution in [0.4, 0.5) is 0 Å². The topological polar surface area (TPSA) is 51.2 Å². The van der Waals surface area contributed by atoms with Gasteiger partial charge in [-0.1, -0.05) is 23.5 Å². The molecule has 0 radical (unpaired) electrons. The van der Waals surface area contributed by atoms with Crippen molar-refractivity contribution in [2.75, 3.05) is 26.9 Å². The Morgan fingerprint density at radius 1 is 1.43 bits per heavy atom. The highest BCUT2D eigenvalue weighted by molar-refractivity contribution is 7.96. The van der Waals surface area contributed by atoms with Crippen molar-refractivity contribution in [1.29, 1.82) is 5.41 Å². The lowest BCUT2D eigenvalue weighted by Gasteiger charge is -2.33. The number of benzene rings is 1. The Kier molecular flexibility index (Phi) is 6.53. The number of hydrogen-bond acceptors (Lipinski definition) is 5. The largest absolute Gasteiger partial charge is 0.387 e. The highest BCUT2D eigenvalue weighted by atomic mass is 35.5. The van der Waals surface area contributed by atoms with Crippen LogP contribution in [0.25, 0.3) is 5.70 Å². The van der Waals surface area contributed by atoms with E-state index in [1.807, 2.05) is 25.4 Å². The molecule has 1 aromatic rings. The molecule has 1 fully saturated rings. The molecule has 2 rings (SSSR count). The van der Waals surface area contributed by atoms with Gasteiger partial charge in [-0.2, -0.15) is 0 Å². The van der Waals surface area contributed by atoms with Gasteiger partial charge in [0.2, 0.25) is 0 Å². The quantitative estimate of drug-likeness (QED) is 0.711. The second-order valence-electron chi connectivity index (χ2n) is 5.80. The molecular weight excluding hydrogens is 328 g/mol. The Labute approximate surface area is 148 Å². The molecule has 1 aliphatic rings. The van der Waals surface area contributed by atoms with Crippen LogP contribution in [0.15, 0.2) is 23.8 Å². The van der Waals surface area contributed by atoms with Crippen LogP contribution in [0, 0.1) is 5.41 Å². The van der Waals surface area contributed by atoms with Crippen LogP contribution < -0.4 is 10.0 Å². The van der Waals surface area contributed by atoms with Crippen LogP contribution in [0.3, 0.4) is 0 Å². The monoisotopic (exact) mass is 352 g/mol. The fraction of sp³-hybridized carbons (Fsp3) is 0.471. The summed E-state index contributed by atoms with van der Waals surface area (Å²) in [5.41, 5.74) is 4.98. The van der Waals surface area contributed by atoms with E-state index in [0.717, 1.165) is 46.9 Å². The molecular formula is C17H25ClN4S. The van der Waals surface area contributed by atoms with Crippen molar-refractivity contribution >= 4 is 35.0 Å². The minimum Gasteiger partial charge on any atom is -0.387 e. The molecule has 1 unspecified atom stereocenters. The van der Waals surface area contributed by atoms with E-state index in [-0.39, 0.29) is 6.04 Å². The fourth-order valence-corrected chi connectivity index (χ4v) is 3.44. The van der Waals surface area contributed by atoms with Crippen LogP contribution in [0.2, 0.25) is 5.02 Å². The Balaban J connectivity index is 2.42. The van der Waals surface area contributed by atoms with Crippen LogP contribution >= 0.6 is 23.5 Å². The van der Waals surface area contributed by atoms with Crippen molar-refractivity contribution in [3.8, 4) is 0 Å². The number of hydrogen-bond donors (Lipinski definition) is 3. The third-order valence-corrected chi connectivity index (χ3v) is 4.99. The summed E-state index contributed by atoms with van der Waals surface area (Å²) in [7, 11) is 3.99. The number of piperidine rings is 1. The van der Waals surface area contributed by atoms with Crippen molar-refractivity contribution in [3.63, 3.8) is 0 Å². The number of nitrogens with zero attached hydrogens (tertiary/aromatic N) is 1. The Morgan fingerprint density at radius 3 is 2.83 bits per heavy atom. The molecule has 1 saturated heterocycles. The average molecular weight is 353 g/mol. The molecule has 0 amide bonds. The molecule has 3 N–H and O–H groups in total. The number of nitrogens with one attached hydrogen (secondary N) is 3. The average Bonchev–Trinajstić information content (AvgIpc) is 2.53. The van der Waals surface area contributed by atoms with Crippen molar-refractivity contribution in [2.24, 2.45) is 0 Å². The molecule has 1 heterocycles. The van der Waals surface area contributed by atoms with E-state index < -0.39 is 0 Å². The smallest absolute Gasteiger partial charge is 0.0536 e. The standard InChI is InChI=1S/C17H25ClN4S/c1-11-16(19)15(5-6-22(11)3)17(20-2)13-7-12(10-21-23-4)8-14(18)9-13/h7-9,11,19-21H,5-6,10H2,1-4H3/b17-15-,19-16?. The highest BCUT2D eigenvalue weighted by Gasteiger charge is 2.26. The second kappa shape index (κ2) is 8.20. The maximum atomic E-state index is 8.50. The van der Waals surface area contributed by atoms with Gasteiger partial charge in [0.1, 0.15) is 0 Å². The molecule has 0 spiro atoms. The van der Waals surface area contributed by atoms with Gasteiger partial charge >= 0.3 is 0 Å². The van der Waals surface area contributed by atoms with Crippen LogP contribution in [0.1, 0.15) is 24.5 Å². The van der Waals surface area contributed by atoms with Gasteiger partial charge in [-0.15, -0.1) is 0 Å². The van der Waals surface area contributed by atoms with Crippen molar-refractivity contribution < 1.29 is 0 Å². The highest BCUT2D eigenvalue weighted by Crippen LogP contribution is 2.28. The summed E-state index contributed by atoms with van der Waals surface area (Å²) < 4.78 is 3.25. The summed E-state index contributed by atoms with van der Waals surface area (Å²) in [6.45, 7) is 3.81. The number of rotatable bonds is 5. The van der Waals surface area contributed by atoms with Gasteiger partial charge in [0.25, 0.3) is 0 Å². The SMILES string of the molecule is CN/C(=C1/CCN(C)C(C)C1=N)c1cc(Cl)cc(CNSC)c1. The van der Waals surface area contributed by atoms with Gasteiger partial charge in [-0.3, -0.25) is 9.62 Å². The Bertz CT molecular complexity index is 615. The zero-order valence-corrected chi connectivity index (χ0v) is 15.7. The molecule has 23 heavy (non-hydrogen) atoms. The predicted molar refractivity (Wildman–Crippen MR) is 102 cm³/mol. The zero-order valence-electron chi connectivity index (χ0n) is 14.2. The normalized spacial score (nSPS) is 21.4. The van der Waals surface area contributed by atoms with Gasteiger partial charge in [0, 0.05) is 36.9 Å². The fourth-order valence-electron chi connectivity index (χ4n) is 2.87. The van der Waals surface area contributed by atoms with E-state index in [0.29, 0.717) is 5.71 Å². The van der Waals surface area contributed by atoms with Crippen molar-refractivity contribution in [2.45, 2.75) is 25.9 Å². The summed E-state index contributed by atoms with van der Waals surface area (Å²) in [5, 5.41) is 12.5. The molecule has 0 aliphatic carbocycles. The van der Waals surface area contributed by atoms with Gasteiger partial charge in [0.15, 0.2) is 0 Å². The lowest BCUT2D eigenvalue weighted by molar-refractivity contribution is 0.302. The Morgan fingerprint density at radius 2 is 2.17 bits per heavy atom. The molecule has 1 atom stereocenters. The minimum absolute atomic E-state index is 0.138. The van der Waals surface area contributed by atoms with Gasteiger partial charge < -0.3 is 10.7 Å². The lowest BCUT2D eigenvalue weighted by atomic mass is 9.91. The second-order valence-corrected chi connectivity index (χ2v) is 6.93. The minimum atomic E-state index is 0.138. The predicted octanol–water partition coefficient (Wildman–Crippen LogP) is 3.38. The first-order valence-electron chi connectivity index (χ1n) is 7.73. The molecule has 4 nitrogen and oxygen atoms in total. The van der Waals surface area contributed by atoms with E-state index >= 15 is 0 Å². The van der Waals surface area contributed by atoms with Gasteiger partial charge in [0.05, 0.1) is 5.71 Å². The molecule has 126 valence electrons. The Hall–Kier alpha value is -1.01. The summed E-state index contributed by atoms with van der Waals surface area (Å²) in [6, 6.07) is 6.23. The number of likely N-dealkylation sites (tertiary alicyclic amines) is 1. The summed E-state index contributed by atoms with van der Waals surface area (Å²) in [6.07, 6.45) is 2.88. The maximum absolute atomic E-state index is 8.50. The third kappa shape index (κ3) is 4.29. The summed E-state index contributed by atoms with van der Waals surface area (Å²) >= 11 is 7.90. The molecule has 0 saturated carbocycles. The first-order valence-corrected chi connectivity index (χ1v) is 9.33. The molecule has 6 heteroatoms. The number of halogens is 1. The van der Waals surface area contributed by atoms with Crippen LogP contribution in [-0.2, 0) is 6.54 Å². The van der Waals surface area contributed by atoms with Crippen LogP contribution in [0.5, 0.6) is 0 Å². The molecule has 0 aromatic heterocycles. The van der Waals surface area contributed by atoms with E-state index in [1.54, 1.807) is 11.9 Å². The van der Waals surface area contributed by atoms with Gasteiger partial charge in [-0.05, 0) is 61.5 Å². The van der Waals surface area contributed by atoms with E-state index in [2.05, 4.69) is 35.0 Å². The zero-order chi connectivity index (χ0) is 17.0.